The first-order valence-electron chi connectivity index (χ1n) is 6.46. The fourth-order valence-electron chi connectivity index (χ4n) is 2.06. The highest BCUT2D eigenvalue weighted by atomic mass is 32.2. The number of unbranched alkanes of at least 4 members (excludes halogenated alkanes) is 2. The van der Waals surface area contributed by atoms with Crippen LogP contribution in [0.2, 0.25) is 0 Å². The van der Waals surface area contributed by atoms with Gasteiger partial charge in [0.15, 0.2) is 0 Å². The van der Waals surface area contributed by atoms with Crippen molar-refractivity contribution < 1.29 is 10.0 Å². The highest BCUT2D eigenvalue weighted by Crippen LogP contribution is 2.45. The number of amides is 1. The molecule has 0 bridgehead atoms. The molecule has 1 aliphatic rings. The molecule has 2 N–H and O–H groups in total. The van der Waals surface area contributed by atoms with Crippen molar-refractivity contribution in [3.63, 3.8) is 0 Å². The van der Waals surface area contributed by atoms with E-state index in [1.807, 2.05) is 18.2 Å². The van der Waals surface area contributed by atoms with Gasteiger partial charge in [0.2, 0.25) is 0 Å². The number of benzene rings is 1. The summed E-state index contributed by atoms with van der Waals surface area (Å²) in [5.41, 5.74) is 2.79. The van der Waals surface area contributed by atoms with E-state index in [0.29, 0.717) is 0 Å². The normalized spacial score (nSPS) is 15.7. The van der Waals surface area contributed by atoms with E-state index >= 15 is 0 Å². The molecule has 0 saturated heterocycles. The van der Waals surface area contributed by atoms with Crippen LogP contribution in [0.5, 0.6) is 0 Å². The van der Waals surface area contributed by atoms with Gasteiger partial charge in [0, 0.05) is 17.5 Å². The van der Waals surface area contributed by atoms with Gasteiger partial charge in [0.25, 0.3) is 5.91 Å². The third-order valence-corrected chi connectivity index (χ3v) is 4.10. The smallest absolute Gasteiger partial charge is 0.269 e. The standard InChI is InChI=1S/C14H18N2O2S/c1-2-3-6-9-16-11-7-4-5-8-12(11)19-14(16)10-13(17)15-18/h4-5,7-8,10,18H,2-3,6,9H2,1H3,(H,15,17)/b14-10+. The third-order valence-electron chi connectivity index (χ3n) is 2.99. The first-order chi connectivity index (χ1) is 9.26. The van der Waals surface area contributed by atoms with Gasteiger partial charge in [-0.25, -0.2) is 5.48 Å². The lowest BCUT2D eigenvalue weighted by Gasteiger charge is -2.20. The number of rotatable bonds is 5. The number of hydrogen-bond donors (Lipinski definition) is 2. The minimum absolute atomic E-state index is 0.490. The lowest BCUT2D eigenvalue weighted by Crippen LogP contribution is -2.22. The summed E-state index contributed by atoms with van der Waals surface area (Å²) in [4.78, 5) is 14.6. The number of carbonyl (C=O) groups is 1. The number of nitrogens with one attached hydrogen (secondary N) is 1. The van der Waals surface area contributed by atoms with Crippen LogP contribution < -0.4 is 10.4 Å². The van der Waals surface area contributed by atoms with Crippen LogP contribution in [0.1, 0.15) is 26.2 Å². The minimum atomic E-state index is -0.490. The highest BCUT2D eigenvalue weighted by molar-refractivity contribution is 8.03. The fraction of sp³-hybridized carbons (Fsp3) is 0.357. The molecule has 1 aliphatic heterocycles. The summed E-state index contributed by atoms with van der Waals surface area (Å²) in [6.07, 6.45) is 4.86. The Bertz CT molecular complexity index is 488. The first kappa shape index (κ1) is 14.0. The van der Waals surface area contributed by atoms with Crippen LogP contribution in [0.15, 0.2) is 40.3 Å². The summed E-state index contributed by atoms with van der Waals surface area (Å²) < 4.78 is 0. The Morgan fingerprint density at radius 1 is 1.42 bits per heavy atom. The van der Waals surface area contributed by atoms with Crippen molar-refractivity contribution >= 4 is 23.4 Å². The van der Waals surface area contributed by atoms with Gasteiger partial charge in [-0.1, -0.05) is 43.7 Å². The number of carbonyl (C=O) groups excluding carboxylic acids is 1. The third kappa shape index (κ3) is 3.30. The van der Waals surface area contributed by atoms with Crippen molar-refractivity contribution in [1.82, 2.24) is 5.48 Å². The molecule has 0 fully saturated rings. The molecular weight excluding hydrogens is 260 g/mol. The van der Waals surface area contributed by atoms with Gasteiger partial charge in [-0.05, 0) is 18.6 Å². The zero-order chi connectivity index (χ0) is 13.7. The van der Waals surface area contributed by atoms with Crippen LogP contribution in [-0.4, -0.2) is 17.7 Å². The van der Waals surface area contributed by atoms with Crippen LogP contribution in [0.4, 0.5) is 5.69 Å². The molecule has 19 heavy (non-hydrogen) atoms. The van der Waals surface area contributed by atoms with E-state index in [-0.39, 0.29) is 0 Å². The van der Waals surface area contributed by atoms with E-state index in [9.17, 15) is 4.79 Å². The summed E-state index contributed by atoms with van der Waals surface area (Å²) in [5.74, 6) is -0.490. The molecule has 0 aliphatic carbocycles. The Hall–Kier alpha value is -1.46. The minimum Gasteiger partial charge on any atom is -0.335 e. The lowest BCUT2D eigenvalue weighted by molar-refractivity contribution is -0.124. The zero-order valence-corrected chi connectivity index (χ0v) is 11.7. The summed E-state index contributed by atoms with van der Waals surface area (Å²) >= 11 is 1.56. The second-order valence-corrected chi connectivity index (χ2v) is 5.45. The van der Waals surface area contributed by atoms with Crippen molar-refractivity contribution in [1.29, 1.82) is 0 Å². The molecule has 2 rings (SSSR count). The van der Waals surface area contributed by atoms with Crippen LogP contribution in [0.3, 0.4) is 0 Å². The van der Waals surface area contributed by atoms with Gasteiger partial charge < -0.3 is 4.90 Å². The topological polar surface area (TPSA) is 52.6 Å². The maximum atomic E-state index is 11.3. The molecule has 1 aromatic carbocycles. The second-order valence-electron chi connectivity index (χ2n) is 4.39. The molecule has 0 spiro atoms. The number of nitrogens with zero attached hydrogens (tertiary/aromatic N) is 1. The van der Waals surface area contributed by atoms with Crippen LogP contribution in [-0.2, 0) is 4.79 Å². The van der Waals surface area contributed by atoms with Crippen LogP contribution in [0.25, 0.3) is 0 Å². The van der Waals surface area contributed by atoms with Crippen molar-refractivity contribution in [3.05, 3.63) is 35.4 Å². The van der Waals surface area contributed by atoms with E-state index in [1.54, 1.807) is 17.2 Å². The average Bonchev–Trinajstić information content (AvgIpc) is 2.77. The van der Waals surface area contributed by atoms with E-state index in [0.717, 1.165) is 28.6 Å². The monoisotopic (exact) mass is 278 g/mol. The molecule has 0 radical (unpaired) electrons. The molecule has 0 unspecified atom stereocenters. The van der Waals surface area contributed by atoms with Crippen molar-refractivity contribution in [2.24, 2.45) is 0 Å². The SMILES string of the molecule is CCCCCN1/C(=C\C(=O)NO)Sc2ccccc21. The highest BCUT2D eigenvalue weighted by Gasteiger charge is 2.24. The molecule has 1 aromatic rings. The molecule has 0 saturated carbocycles. The quantitative estimate of drug-likeness (QED) is 0.376. The van der Waals surface area contributed by atoms with E-state index in [4.69, 9.17) is 5.21 Å². The van der Waals surface area contributed by atoms with E-state index in [2.05, 4.69) is 17.9 Å². The Kier molecular flexibility index (Phi) is 4.87. The lowest BCUT2D eigenvalue weighted by atomic mass is 10.2. The van der Waals surface area contributed by atoms with Gasteiger partial charge in [-0.2, -0.15) is 0 Å². The number of hydrogen-bond acceptors (Lipinski definition) is 4. The van der Waals surface area contributed by atoms with Gasteiger partial charge >= 0.3 is 0 Å². The predicted molar refractivity (Wildman–Crippen MR) is 77.2 cm³/mol. The second kappa shape index (κ2) is 6.63. The van der Waals surface area contributed by atoms with Crippen molar-refractivity contribution in [2.75, 3.05) is 11.4 Å². The van der Waals surface area contributed by atoms with E-state index in [1.165, 1.54) is 18.9 Å². The Labute approximate surface area is 117 Å². The van der Waals surface area contributed by atoms with Gasteiger partial charge in [-0.15, -0.1) is 0 Å². The maximum absolute atomic E-state index is 11.3. The van der Waals surface area contributed by atoms with Crippen LogP contribution in [0, 0.1) is 0 Å². The number of para-hydroxylation sites is 1. The Balaban J connectivity index is 2.20. The van der Waals surface area contributed by atoms with Gasteiger partial charge in [-0.3, -0.25) is 10.0 Å². The molecule has 0 atom stereocenters. The Morgan fingerprint density at radius 3 is 2.95 bits per heavy atom. The number of thioether (sulfide) groups is 1. The van der Waals surface area contributed by atoms with E-state index < -0.39 is 5.91 Å². The summed E-state index contributed by atoms with van der Waals surface area (Å²) in [6, 6.07) is 8.10. The molecule has 4 nitrogen and oxygen atoms in total. The molecule has 1 heterocycles. The molecule has 0 aromatic heterocycles. The molecule has 102 valence electrons. The maximum Gasteiger partial charge on any atom is 0.269 e. The zero-order valence-electron chi connectivity index (χ0n) is 10.9. The number of anilines is 1. The summed E-state index contributed by atoms with van der Waals surface area (Å²) in [6.45, 7) is 3.06. The number of fused-ring (bicyclic) bond motifs is 1. The molecule has 1 amide bonds. The summed E-state index contributed by atoms with van der Waals surface area (Å²) in [5, 5.41) is 9.51. The fourth-order valence-corrected chi connectivity index (χ4v) is 3.18. The van der Waals surface area contributed by atoms with Gasteiger partial charge in [0.1, 0.15) is 0 Å². The van der Waals surface area contributed by atoms with Crippen molar-refractivity contribution in [3.8, 4) is 0 Å². The predicted octanol–water partition coefficient (Wildman–Crippen LogP) is 3.14. The van der Waals surface area contributed by atoms with Crippen molar-refractivity contribution in [2.45, 2.75) is 31.1 Å². The first-order valence-corrected chi connectivity index (χ1v) is 7.28. The van der Waals surface area contributed by atoms with Crippen LogP contribution >= 0.6 is 11.8 Å². The largest absolute Gasteiger partial charge is 0.335 e. The Morgan fingerprint density at radius 2 is 2.21 bits per heavy atom. The van der Waals surface area contributed by atoms with Gasteiger partial charge in [0.05, 0.1) is 10.7 Å². The molecule has 5 heteroatoms. The molecular formula is C14H18N2O2S. The average molecular weight is 278 g/mol. The summed E-state index contributed by atoms with van der Waals surface area (Å²) in [7, 11) is 0. The number of hydroxylamine groups is 1.